The van der Waals surface area contributed by atoms with Gasteiger partial charge in [0, 0.05) is 61.0 Å². The minimum atomic E-state index is -0.110. The lowest BCUT2D eigenvalue weighted by Gasteiger charge is -2.16. The first-order valence-electron chi connectivity index (χ1n) is 10.7. The number of amides is 2. The number of carbonyl (C=O) groups is 2. The molecular formula is C24H27ClN4O3. The topological polar surface area (TPSA) is 76.5 Å². The largest absolute Gasteiger partial charge is 0.383 e. The Hall–Kier alpha value is -2.90. The average molecular weight is 455 g/mol. The summed E-state index contributed by atoms with van der Waals surface area (Å²) in [5.41, 5.74) is 3.08. The van der Waals surface area contributed by atoms with E-state index >= 15 is 0 Å². The minimum absolute atomic E-state index is 0.0368. The number of methoxy groups -OCH3 is 1. The van der Waals surface area contributed by atoms with E-state index in [4.69, 9.17) is 21.4 Å². The van der Waals surface area contributed by atoms with Gasteiger partial charge in [0.25, 0.3) is 11.8 Å². The van der Waals surface area contributed by atoms with Gasteiger partial charge in [-0.3, -0.25) is 14.3 Å². The van der Waals surface area contributed by atoms with Gasteiger partial charge in [0.1, 0.15) is 0 Å². The lowest BCUT2D eigenvalue weighted by Crippen LogP contribution is -2.29. The van der Waals surface area contributed by atoms with Crippen molar-refractivity contribution in [3.8, 4) is 0 Å². The van der Waals surface area contributed by atoms with Gasteiger partial charge in [0.05, 0.1) is 12.1 Å². The van der Waals surface area contributed by atoms with Crippen LogP contribution in [-0.2, 0) is 11.3 Å². The molecule has 1 aliphatic heterocycles. The molecule has 1 aliphatic rings. The number of hydrogen-bond acceptors (Lipinski definition) is 4. The summed E-state index contributed by atoms with van der Waals surface area (Å²) in [6.07, 6.45) is 2.93. The summed E-state index contributed by atoms with van der Waals surface area (Å²) in [5.74, 6) is 0.258. The van der Waals surface area contributed by atoms with Crippen LogP contribution in [0.15, 0.2) is 42.6 Å². The summed E-state index contributed by atoms with van der Waals surface area (Å²) in [5, 5.41) is 9.16. The van der Waals surface area contributed by atoms with Crippen molar-refractivity contribution in [1.29, 1.82) is 0 Å². The van der Waals surface area contributed by atoms with Crippen molar-refractivity contribution < 1.29 is 14.3 Å². The molecule has 4 rings (SSSR count). The number of benzene rings is 2. The number of likely N-dealkylation sites (tertiary alicyclic amines) is 1. The fourth-order valence-electron chi connectivity index (χ4n) is 4.19. The van der Waals surface area contributed by atoms with Crippen LogP contribution in [0.25, 0.3) is 10.9 Å². The second-order valence-electron chi connectivity index (χ2n) is 8.18. The fourth-order valence-corrected chi connectivity index (χ4v) is 4.31. The van der Waals surface area contributed by atoms with E-state index in [2.05, 4.69) is 5.32 Å². The van der Waals surface area contributed by atoms with Crippen molar-refractivity contribution in [2.45, 2.75) is 19.9 Å². The molecule has 2 heterocycles. The molecule has 32 heavy (non-hydrogen) atoms. The standard InChI is InChI=1S/C24H27ClN4O3/c1-16-20(23(30)26-10-12-32-2)7-8-22-21(16)15-29(27-22)14-17-9-11-28(13-17)24(31)18-3-5-19(25)6-4-18/h3-8,15,17H,9-14H2,1-2H3,(H,26,30). The molecular weight excluding hydrogens is 428 g/mol. The number of nitrogens with zero attached hydrogens (tertiary/aromatic N) is 3. The molecule has 1 unspecified atom stereocenters. The van der Waals surface area contributed by atoms with E-state index in [9.17, 15) is 9.59 Å². The third-order valence-electron chi connectivity index (χ3n) is 5.95. The highest BCUT2D eigenvalue weighted by atomic mass is 35.5. The Balaban J connectivity index is 1.42. The molecule has 1 atom stereocenters. The quantitative estimate of drug-likeness (QED) is 0.554. The smallest absolute Gasteiger partial charge is 0.253 e. The van der Waals surface area contributed by atoms with Crippen LogP contribution in [0, 0.1) is 12.8 Å². The van der Waals surface area contributed by atoms with E-state index in [1.807, 2.05) is 34.8 Å². The van der Waals surface area contributed by atoms with Crippen molar-refractivity contribution in [3.63, 3.8) is 0 Å². The van der Waals surface area contributed by atoms with Gasteiger partial charge in [-0.2, -0.15) is 5.10 Å². The van der Waals surface area contributed by atoms with E-state index in [1.165, 1.54) is 0 Å². The van der Waals surface area contributed by atoms with E-state index in [0.717, 1.165) is 36.0 Å². The van der Waals surface area contributed by atoms with E-state index in [0.29, 0.717) is 41.8 Å². The predicted molar refractivity (Wildman–Crippen MR) is 124 cm³/mol. The molecule has 0 saturated carbocycles. The first-order valence-corrected chi connectivity index (χ1v) is 11.1. The van der Waals surface area contributed by atoms with Crippen LogP contribution < -0.4 is 5.32 Å². The van der Waals surface area contributed by atoms with Crippen LogP contribution in [0.3, 0.4) is 0 Å². The molecule has 1 N–H and O–H groups in total. The molecule has 7 nitrogen and oxygen atoms in total. The van der Waals surface area contributed by atoms with Gasteiger partial charge < -0.3 is 15.0 Å². The maximum absolute atomic E-state index is 12.8. The van der Waals surface area contributed by atoms with Crippen LogP contribution in [0.1, 0.15) is 32.7 Å². The minimum Gasteiger partial charge on any atom is -0.383 e. The van der Waals surface area contributed by atoms with Gasteiger partial charge in [-0.1, -0.05) is 11.6 Å². The number of aryl methyl sites for hydroxylation is 1. The Morgan fingerprint density at radius 1 is 1.22 bits per heavy atom. The van der Waals surface area contributed by atoms with Crippen molar-refractivity contribution in [2.24, 2.45) is 5.92 Å². The third-order valence-corrected chi connectivity index (χ3v) is 6.20. The highest BCUT2D eigenvalue weighted by Crippen LogP contribution is 2.24. The van der Waals surface area contributed by atoms with Crippen LogP contribution in [0.5, 0.6) is 0 Å². The number of ether oxygens (including phenoxy) is 1. The molecule has 168 valence electrons. The number of carbonyl (C=O) groups excluding carboxylic acids is 2. The van der Waals surface area contributed by atoms with Crippen molar-refractivity contribution in [1.82, 2.24) is 20.0 Å². The third kappa shape index (κ3) is 4.79. The molecule has 0 aliphatic carbocycles. The first-order chi connectivity index (χ1) is 15.5. The normalized spacial score (nSPS) is 16.0. The van der Waals surface area contributed by atoms with Crippen molar-refractivity contribution in [2.75, 3.05) is 33.4 Å². The monoisotopic (exact) mass is 454 g/mol. The zero-order valence-corrected chi connectivity index (χ0v) is 19.1. The molecule has 2 aromatic carbocycles. The summed E-state index contributed by atoms with van der Waals surface area (Å²) < 4.78 is 6.93. The van der Waals surface area contributed by atoms with E-state index in [-0.39, 0.29) is 11.8 Å². The SMILES string of the molecule is COCCNC(=O)c1ccc2nn(CC3CCN(C(=O)c4ccc(Cl)cc4)C3)cc2c1C. The second kappa shape index (κ2) is 9.71. The molecule has 1 fully saturated rings. The lowest BCUT2D eigenvalue weighted by molar-refractivity contribution is 0.0785. The number of fused-ring (bicyclic) bond motifs is 1. The summed E-state index contributed by atoms with van der Waals surface area (Å²) >= 11 is 5.93. The van der Waals surface area contributed by atoms with Gasteiger partial charge >= 0.3 is 0 Å². The molecule has 2 amide bonds. The van der Waals surface area contributed by atoms with Gasteiger partial charge in [-0.05, 0) is 61.2 Å². The predicted octanol–water partition coefficient (Wildman–Crippen LogP) is 3.54. The first kappa shape index (κ1) is 22.3. The molecule has 3 aromatic rings. The number of halogens is 1. The van der Waals surface area contributed by atoms with Crippen molar-refractivity contribution >= 4 is 34.3 Å². The zero-order valence-electron chi connectivity index (χ0n) is 18.3. The Morgan fingerprint density at radius 3 is 2.75 bits per heavy atom. The highest BCUT2D eigenvalue weighted by Gasteiger charge is 2.27. The van der Waals surface area contributed by atoms with E-state index < -0.39 is 0 Å². The number of nitrogens with one attached hydrogen (secondary N) is 1. The van der Waals surface area contributed by atoms with Gasteiger partial charge in [0.15, 0.2) is 0 Å². The maximum atomic E-state index is 12.8. The molecule has 8 heteroatoms. The van der Waals surface area contributed by atoms with Crippen LogP contribution in [0.2, 0.25) is 5.02 Å². The highest BCUT2D eigenvalue weighted by molar-refractivity contribution is 6.30. The van der Waals surface area contributed by atoms with Crippen LogP contribution >= 0.6 is 11.6 Å². The summed E-state index contributed by atoms with van der Waals surface area (Å²) in [6, 6.07) is 10.7. The van der Waals surface area contributed by atoms with E-state index in [1.54, 1.807) is 31.4 Å². The molecule has 0 spiro atoms. The Bertz CT molecular complexity index is 1130. The maximum Gasteiger partial charge on any atom is 0.253 e. The molecule has 0 radical (unpaired) electrons. The van der Waals surface area contributed by atoms with Gasteiger partial charge in [-0.25, -0.2) is 0 Å². The second-order valence-corrected chi connectivity index (χ2v) is 8.62. The average Bonchev–Trinajstić information content (AvgIpc) is 3.41. The number of hydrogen-bond donors (Lipinski definition) is 1. The number of rotatable bonds is 7. The zero-order chi connectivity index (χ0) is 22.7. The molecule has 1 saturated heterocycles. The van der Waals surface area contributed by atoms with Crippen LogP contribution in [0.4, 0.5) is 0 Å². The summed E-state index contributed by atoms with van der Waals surface area (Å²) in [6.45, 7) is 5.06. The number of aromatic nitrogens is 2. The Labute approximate surface area is 192 Å². The fraction of sp³-hybridized carbons (Fsp3) is 0.375. The summed E-state index contributed by atoms with van der Waals surface area (Å²) in [7, 11) is 1.61. The van der Waals surface area contributed by atoms with Gasteiger partial charge in [-0.15, -0.1) is 0 Å². The molecule has 0 bridgehead atoms. The van der Waals surface area contributed by atoms with Crippen molar-refractivity contribution in [3.05, 3.63) is 64.3 Å². The lowest BCUT2D eigenvalue weighted by atomic mass is 10.0. The van der Waals surface area contributed by atoms with Gasteiger partial charge in [0.2, 0.25) is 0 Å². The Morgan fingerprint density at radius 2 is 2.00 bits per heavy atom. The van der Waals surface area contributed by atoms with Crippen LogP contribution in [-0.4, -0.2) is 59.8 Å². The summed E-state index contributed by atoms with van der Waals surface area (Å²) in [4.78, 5) is 27.1. The Kier molecular flexibility index (Phi) is 6.77. The molecule has 1 aromatic heterocycles.